The number of aryl methyl sites for hydroxylation is 1. The Kier molecular flexibility index (Phi) is 6.23. The van der Waals surface area contributed by atoms with Gasteiger partial charge in [-0.2, -0.15) is 0 Å². The number of nitrogens with zero attached hydrogens (tertiary/aromatic N) is 2. The second kappa shape index (κ2) is 8.81. The lowest BCUT2D eigenvalue weighted by atomic mass is 10.2. The first-order valence-electron chi connectivity index (χ1n) is 8.28. The molecule has 2 aromatic carbocycles. The van der Waals surface area contributed by atoms with Crippen LogP contribution in [0.1, 0.15) is 11.5 Å². The Labute approximate surface area is 167 Å². The highest BCUT2D eigenvalue weighted by Crippen LogP contribution is 2.16. The normalized spacial score (nSPS) is 11.6. The number of halogens is 1. The fourth-order valence-corrected chi connectivity index (χ4v) is 3.74. The first-order valence-corrected chi connectivity index (χ1v) is 10.3. The lowest BCUT2D eigenvalue weighted by Crippen LogP contribution is -2.09. The first kappa shape index (κ1) is 19.8. The van der Waals surface area contributed by atoms with E-state index in [1.807, 2.05) is 0 Å². The van der Waals surface area contributed by atoms with Gasteiger partial charge in [0.1, 0.15) is 0 Å². The van der Waals surface area contributed by atoms with Crippen molar-refractivity contribution >= 4 is 39.4 Å². The van der Waals surface area contributed by atoms with Crippen LogP contribution in [0.3, 0.4) is 0 Å². The Balaban J connectivity index is 1.57. The third-order valence-electron chi connectivity index (χ3n) is 3.70. The molecule has 0 bridgehead atoms. The SMILES string of the molecule is O=C(/C=C/c1ccccc1Cl)Nc1nnc(CCS(=O)(=O)c2ccccc2)o1. The van der Waals surface area contributed by atoms with E-state index in [0.29, 0.717) is 10.6 Å². The van der Waals surface area contributed by atoms with Gasteiger partial charge in [0.2, 0.25) is 5.89 Å². The highest BCUT2D eigenvalue weighted by molar-refractivity contribution is 7.91. The summed E-state index contributed by atoms with van der Waals surface area (Å²) < 4.78 is 29.8. The number of rotatable bonds is 7. The number of carbonyl (C=O) groups is 1. The quantitative estimate of drug-likeness (QED) is 0.591. The average molecular weight is 418 g/mol. The predicted octanol–water partition coefficient (Wildman–Crippen LogP) is 3.39. The van der Waals surface area contributed by atoms with Gasteiger partial charge in [0.15, 0.2) is 9.84 Å². The van der Waals surface area contributed by atoms with E-state index in [9.17, 15) is 13.2 Å². The molecule has 3 aromatic rings. The van der Waals surface area contributed by atoms with Gasteiger partial charge in [0.05, 0.1) is 10.6 Å². The van der Waals surface area contributed by atoms with Crippen LogP contribution in [0.4, 0.5) is 6.01 Å². The van der Waals surface area contributed by atoms with E-state index in [2.05, 4.69) is 15.5 Å². The topological polar surface area (TPSA) is 102 Å². The van der Waals surface area contributed by atoms with E-state index < -0.39 is 15.7 Å². The zero-order valence-corrected chi connectivity index (χ0v) is 16.2. The molecule has 0 saturated carbocycles. The van der Waals surface area contributed by atoms with E-state index in [0.717, 1.165) is 0 Å². The van der Waals surface area contributed by atoms with Crippen LogP contribution >= 0.6 is 11.6 Å². The number of hydrogen-bond donors (Lipinski definition) is 1. The predicted molar refractivity (Wildman–Crippen MR) is 106 cm³/mol. The molecule has 3 rings (SSSR count). The molecule has 0 radical (unpaired) electrons. The summed E-state index contributed by atoms with van der Waals surface area (Å²) >= 11 is 6.01. The number of hydrogen-bond acceptors (Lipinski definition) is 6. The fraction of sp³-hybridized carbons (Fsp3) is 0.105. The van der Waals surface area contributed by atoms with Crippen LogP contribution in [-0.4, -0.2) is 30.3 Å². The van der Waals surface area contributed by atoms with Crippen molar-refractivity contribution in [3.63, 3.8) is 0 Å². The van der Waals surface area contributed by atoms with E-state index in [-0.39, 0.29) is 29.0 Å². The van der Waals surface area contributed by atoms with Crippen LogP contribution in [0.25, 0.3) is 6.08 Å². The molecule has 0 fully saturated rings. The third kappa shape index (κ3) is 5.28. The number of amides is 1. The molecule has 0 aliphatic carbocycles. The van der Waals surface area contributed by atoms with Crippen LogP contribution in [0, 0.1) is 0 Å². The summed E-state index contributed by atoms with van der Waals surface area (Å²) in [6.45, 7) is 0. The van der Waals surface area contributed by atoms with Crippen molar-refractivity contribution in [2.75, 3.05) is 11.1 Å². The number of anilines is 1. The van der Waals surface area contributed by atoms with Crippen molar-refractivity contribution in [3.8, 4) is 0 Å². The summed E-state index contributed by atoms with van der Waals surface area (Å²) in [7, 11) is -3.45. The molecule has 0 atom stereocenters. The highest BCUT2D eigenvalue weighted by atomic mass is 35.5. The van der Waals surface area contributed by atoms with Gasteiger partial charge in [-0.25, -0.2) is 8.42 Å². The molecule has 0 spiro atoms. The van der Waals surface area contributed by atoms with E-state index in [4.69, 9.17) is 16.0 Å². The van der Waals surface area contributed by atoms with E-state index >= 15 is 0 Å². The lowest BCUT2D eigenvalue weighted by molar-refractivity contribution is -0.112. The van der Waals surface area contributed by atoms with E-state index in [1.54, 1.807) is 48.5 Å². The van der Waals surface area contributed by atoms with Gasteiger partial charge in [-0.3, -0.25) is 10.1 Å². The van der Waals surface area contributed by atoms with Crippen molar-refractivity contribution in [2.24, 2.45) is 0 Å². The summed E-state index contributed by atoms with van der Waals surface area (Å²) in [5, 5.41) is 10.4. The molecule has 0 unspecified atom stereocenters. The minimum atomic E-state index is -3.45. The average Bonchev–Trinajstić information content (AvgIpc) is 3.14. The zero-order valence-electron chi connectivity index (χ0n) is 14.6. The molecule has 9 heteroatoms. The molecular weight excluding hydrogens is 402 g/mol. The zero-order chi connectivity index (χ0) is 20.0. The van der Waals surface area contributed by atoms with Crippen molar-refractivity contribution in [2.45, 2.75) is 11.3 Å². The standard InChI is InChI=1S/C19H16ClN3O4S/c20-16-9-5-4-6-14(16)10-11-17(24)21-19-23-22-18(27-19)12-13-28(25,26)15-7-2-1-3-8-15/h1-11H,12-13H2,(H,21,23,24)/b11-10+. The first-order chi connectivity index (χ1) is 13.4. The number of carbonyl (C=O) groups excluding carboxylic acids is 1. The molecule has 1 amide bonds. The molecule has 0 saturated heterocycles. The smallest absolute Gasteiger partial charge is 0.322 e. The molecule has 0 aliphatic heterocycles. The summed E-state index contributed by atoms with van der Waals surface area (Å²) in [5.74, 6) is -0.546. The minimum absolute atomic E-state index is 0.0373. The number of sulfone groups is 1. The maximum absolute atomic E-state index is 12.3. The Morgan fingerprint density at radius 3 is 2.54 bits per heavy atom. The second-order valence-corrected chi connectivity index (χ2v) is 8.24. The van der Waals surface area contributed by atoms with Gasteiger partial charge in [-0.05, 0) is 29.8 Å². The van der Waals surface area contributed by atoms with Crippen LogP contribution in [0.15, 0.2) is 70.0 Å². The Bertz CT molecular complexity index is 1100. The van der Waals surface area contributed by atoms with Crippen LogP contribution in [0.5, 0.6) is 0 Å². The van der Waals surface area contributed by atoms with Crippen LogP contribution < -0.4 is 5.32 Å². The van der Waals surface area contributed by atoms with Crippen molar-refractivity contribution in [1.82, 2.24) is 10.2 Å². The van der Waals surface area contributed by atoms with Gasteiger partial charge >= 0.3 is 6.01 Å². The van der Waals surface area contributed by atoms with Crippen molar-refractivity contribution < 1.29 is 17.6 Å². The largest absolute Gasteiger partial charge is 0.408 e. The molecular formula is C19H16ClN3O4S. The summed E-state index contributed by atoms with van der Waals surface area (Å²) in [5.41, 5.74) is 0.691. The van der Waals surface area contributed by atoms with Gasteiger partial charge in [-0.1, -0.05) is 53.1 Å². The molecule has 144 valence electrons. The summed E-state index contributed by atoms with van der Waals surface area (Å²) in [6, 6.07) is 15.1. The van der Waals surface area contributed by atoms with Crippen LogP contribution in [-0.2, 0) is 21.1 Å². The van der Waals surface area contributed by atoms with Gasteiger partial charge in [0, 0.05) is 17.5 Å². The highest BCUT2D eigenvalue weighted by Gasteiger charge is 2.16. The van der Waals surface area contributed by atoms with E-state index in [1.165, 1.54) is 18.2 Å². The molecule has 28 heavy (non-hydrogen) atoms. The maximum atomic E-state index is 12.3. The summed E-state index contributed by atoms with van der Waals surface area (Å²) in [4.78, 5) is 12.2. The van der Waals surface area contributed by atoms with Crippen molar-refractivity contribution in [1.29, 1.82) is 0 Å². The Hall–Kier alpha value is -2.97. The molecule has 7 nitrogen and oxygen atoms in total. The molecule has 0 aliphatic rings. The minimum Gasteiger partial charge on any atom is -0.408 e. The number of benzene rings is 2. The fourth-order valence-electron chi connectivity index (χ4n) is 2.30. The molecule has 1 N–H and O–H groups in total. The van der Waals surface area contributed by atoms with Crippen LogP contribution in [0.2, 0.25) is 5.02 Å². The third-order valence-corrected chi connectivity index (χ3v) is 5.78. The maximum Gasteiger partial charge on any atom is 0.322 e. The van der Waals surface area contributed by atoms with Gasteiger partial charge in [0.25, 0.3) is 5.91 Å². The molecule has 1 heterocycles. The second-order valence-electron chi connectivity index (χ2n) is 5.73. The van der Waals surface area contributed by atoms with Gasteiger partial charge in [-0.15, -0.1) is 5.10 Å². The van der Waals surface area contributed by atoms with Crippen molar-refractivity contribution in [3.05, 3.63) is 77.2 Å². The molecule has 1 aromatic heterocycles. The number of nitrogens with one attached hydrogen (secondary N) is 1. The summed E-state index contributed by atoms with van der Waals surface area (Å²) in [6.07, 6.45) is 2.88. The lowest BCUT2D eigenvalue weighted by Gasteiger charge is -2.01. The Morgan fingerprint density at radius 2 is 1.79 bits per heavy atom. The Morgan fingerprint density at radius 1 is 1.07 bits per heavy atom. The van der Waals surface area contributed by atoms with Gasteiger partial charge < -0.3 is 4.42 Å². The number of aromatic nitrogens is 2. The monoisotopic (exact) mass is 417 g/mol.